The van der Waals surface area contributed by atoms with E-state index in [4.69, 9.17) is 0 Å². The molecule has 0 saturated carbocycles. The molecule has 2 N–H and O–H groups in total. The lowest BCUT2D eigenvalue weighted by Gasteiger charge is -2.15. The molecule has 1 amide bonds. The fourth-order valence-corrected chi connectivity index (χ4v) is 3.34. The minimum atomic E-state index is -0.263. The average molecular weight is 304 g/mol. The van der Waals surface area contributed by atoms with Gasteiger partial charge < -0.3 is 10.3 Å². The number of aryl methyl sites for hydroxylation is 1. The van der Waals surface area contributed by atoms with Crippen molar-refractivity contribution in [3.63, 3.8) is 0 Å². The number of aromatic nitrogens is 1. The van der Waals surface area contributed by atoms with Crippen molar-refractivity contribution in [2.24, 2.45) is 0 Å². The molecule has 1 aliphatic rings. The summed E-state index contributed by atoms with van der Waals surface area (Å²) >= 11 is 0. The Kier molecular flexibility index (Phi) is 3.23. The van der Waals surface area contributed by atoms with Crippen LogP contribution < -0.4 is 10.9 Å². The summed E-state index contributed by atoms with van der Waals surface area (Å²) in [6.45, 7) is 0. The van der Waals surface area contributed by atoms with E-state index in [2.05, 4.69) is 22.4 Å². The van der Waals surface area contributed by atoms with Gasteiger partial charge in [-0.05, 0) is 30.0 Å². The van der Waals surface area contributed by atoms with E-state index < -0.39 is 0 Å². The fourth-order valence-electron chi connectivity index (χ4n) is 3.34. The van der Waals surface area contributed by atoms with Gasteiger partial charge in [0.1, 0.15) is 0 Å². The summed E-state index contributed by atoms with van der Waals surface area (Å²) in [4.78, 5) is 27.3. The summed E-state index contributed by atoms with van der Waals surface area (Å²) < 4.78 is 0. The van der Waals surface area contributed by atoms with Crippen LogP contribution >= 0.6 is 0 Å². The Bertz CT molecular complexity index is 959. The molecule has 4 nitrogen and oxygen atoms in total. The Balaban J connectivity index is 1.70. The molecule has 0 aliphatic heterocycles. The number of aromatic amines is 1. The third kappa shape index (κ3) is 2.42. The number of para-hydroxylation sites is 1. The molecule has 1 atom stereocenters. The number of amides is 1. The smallest absolute Gasteiger partial charge is 0.252 e. The molecule has 0 saturated heterocycles. The van der Waals surface area contributed by atoms with E-state index >= 15 is 0 Å². The zero-order chi connectivity index (χ0) is 15.8. The minimum absolute atomic E-state index is 0.0109. The van der Waals surface area contributed by atoms with Crippen molar-refractivity contribution in [2.45, 2.75) is 18.9 Å². The molecule has 1 aliphatic carbocycles. The van der Waals surface area contributed by atoms with Crippen LogP contribution in [0, 0.1) is 0 Å². The topological polar surface area (TPSA) is 62.0 Å². The molecule has 0 bridgehead atoms. The predicted molar refractivity (Wildman–Crippen MR) is 89.5 cm³/mol. The highest BCUT2D eigenvalue weighted by Crippen LogP contribution is 2.31. The quantitative estimate of drug-likeness (QED) is 0.764. The van der Waals surface area contributed by atoms with Crippen molar-refractivity contribution in [3.05, 3.63) is 81.6 Å². The first-order valence-electron chi connectivity index (χ1n) is 7.73. The predicted octanol–water partition coefficient (Wildman–Crippen LogP) is 2.95. The van der Waals surface area contributed by atoms with Gasteiger partial charge in [0.25, 0.3) is 5.91 Å². The first-order valence-corrected chi connectivity index (χ1v) is 7.73. The summed E-state index contributed by atoms with van der Waals surface area (Å²) in [5, 5.41) is 3.84. The molecule has 0 spiro atoms. The van der Waals surface area contributed by atoms with Gasteiger partial charge in [0.2, 0.25) is 5.56 Å². The highest BCUT2D eigenvalue weighted by atomic mass is 16.2. The molecule has 114 valence electrons. The Morgan fingerprint density at radius 1 is 1.09 bits per heavy atom. The second-order valence-corrected chi connectivity index (χ2v) is 5.86. The standard InChI is InChI=1S/C19H16N2O2/c22-18-11-15(14-7-3-4-8-16(14)20-18)19(23)21-17-10-9-12-5-1-2-6-13(12)17/h1-8,11,17H,9-10H2,(H,20,22)(H,21,23)/t17-/m1/s1. The normalized spacial score (nSPS) is 16.3. The van der Waals surface area contributed by atoms with Gasteiger partial charge in [0, 0.05) is 17.0 Å². The molecule has 4 heteroatoms. The monoisotopic (exact) mass is 304 g/mol. The van der Waals surface area contributed by atoms with Crippen LogP contribution in [0.4, 0.5) is 0 Å². The average Bonchev–Trinajstić information content (AvgIpc) is 2.97. The second-order valence-electron chi connectivity index (χ2n) is 5.86. The summed E-state index contributed by atoms with van der Waals surface area (Å²) in [5.41, 5.74) is 3.30. The summed E-state index contributed by atoms with van der Waals surface area (Å²) in [7, 11) is 0. The third-order valence-electron chi connectivity index (χ3n) is 4.43. The van der Waals surface area contributed by atoms with Gasteiger partial charge in [0.05, 0.1) is 11.6 Å². The number of pyridine rings is 1. The Hall–Kier alpha value is -2.88. The van der Waals surface area contributed by atoms with Crippen LogP contribution in [-0.4, -0.2) is 10.9 Å². The van der Waals surface area contributed by atoms with Crippen LogP contribution in [0.2, 0.25) is 0 Å². The van der Waals surface area contributed by atoms with E-state index in [1.807, 2.05) is 30.3 Å². The van der Waals surface area contributed by atoms with Gasteiger partial charge in [-0.25, -0.2) is 0 Å². The largest absolute Gasteiger partial charge is 0.345 e. The van der Waals surface area contributed by atoms with Crippen molar-refractivity contribution in [1.82, 2.24) is 10.3 Å². The first-order chi connectivity index (χ1) is 11.2. The lowest BCUT2D eigenvalue weighted by molar-refractivity contribution is 0.0938. The maximum atomic E-state index is 12.7. The number of hydrogen-bond donors (Lipinski definition) is 2. The number of fused-ring (bicyclic) bond motifs is 2. The molecule has 0 unspecified atom stereocenters. The van der Waals surface area contributed by atoms with Crippen molar-refractivity contribution in [1.29, 1.82) is 0 Å². The molecule has 1 aromatic heterocycles. The molecular weight excluding hydrogens is 288 g/mol. The summed E-state index contributed by atoms with van der Waals surface area (Å²) in [6.07, 6.45) is 1.86. The van der Waals surface area contributed by atoms with Crippen LogP contribution in [0.25, 0.3) is 10.9 Å². The van der Waals surface area contributed by atoms with Crippen molar-refractivity contribution in [2.75, 3.05) is 0 Å². The Morgan fingerprint density at radius 3 is 2.78 bits per heavy atom. The van der Waals surface area contributed by atoms with E-state index in [0.29, 0.717) is 11.1 Å². The highest BCUT2D eigenvalue weighted by Gasteiger charge is 2.24. The van der Waals surface area contributed by atoms with E-state index in [1.54, 1.807) is 6.07 Å². The van der Waals surface area contributed by atoms with Crippen LogP contribution in [-0.2, 0) is 6.42 Å². The zero-order valence-electron chi connectivity index (χ0n) is 12.5. The van der Waals surface area contributed by atoms with Gasteiger partial charge in [-0.1, -0.05) is 42.5 Å². The van der Waals surface area contributed by atoms with Gasteiger partial charge in [0.15, 0.2) is 0 Å². The SMILES string of the molecule is O=C(N[C@@H]1CCc2ccccc21)c1cc(=O)[nH]c2ccccc12. The number of hydrogen-bond acceptors (Lipinski definition) is 2. The Morgan fingerprint density at radius 2 is 1.87 bits per heavy atom. The molecule has 0 radical (unpaired) electrons. The van der Waals surface area contributed by atoms with Crippen molar-refractivity contribution < 1.29 is 4.79 Å². The van der Waals surface area contributed by atoms with Crippen LogP contribution in [0.1, 0.15) is 33.9 Å². The Labute approximate surface area is 133 Å². The summed E-state index contributed by atoms with van der Waals surface area (Å²) in [6, 6.07) is 16.9. The van der Waals surface area contributed by atoms with E-state index in [-0.39, 0.29) is 17.5 Å². The lowest BCUT2D eigenvalue weighted by atomic mass is 10.1. The van der Waals surface area contributed by atoms with Gasteiger partial charge >= 0.3 is 0 Å². The maximum absolute atomic E-state index is 12.7. The molecule has 3 aromatic rings. The number of carbonyl (C=O) groups excluding carboxylic acids is 1. The molecule has 0 fully saturated rings. The number of H-pyrrole nitrogens is 1. The molecule has 4 rings (SSSR count). The fraction of sp³-hybridized carbons (Fsp3) is 0.158. The number of carbonyl (C=O) groups is 1. The van der Waals surface area contributed by atoms with Crippen molar-refractivity contribution in [3.8, 4) is 0 Å². The summed E-state index contributed by atoms with van der Waals surface area (Å²) in [5.74, 6) is -0.200. The number of rotatable bonds is 2. The van der Waals surface area contributed by atoms with E-state index in [1.165, 1.54) is 17.2 Å². The maximum Gasteiger partial charge on any atom is 0.252 e. The van der Waals surface area contributed by atoms with Crippen LogP contribution in [0.5, 0.6) is 0 Å². The third-order valence-corrected chi connectivity index (χ3v) is 4.43. The first kappa shape index (κ1) is 13.8. The van der Waals surface area contributed by atoms with E-state index in [0.717, 1.165) is 18.2 Å². The number of benzene rings is 2. The molecule has 23 heavy (non-hydrogen) atoms. The minimum Gasteiger partial charge on any atom is -0.345 e. The van der Waals surface area contributed by atoms with Crippen LogP contribution in [0.3, 0.4) is 0 Å². The van der Waals surface area contributed by atoms with Crippen LogP contribution in [0.15, 0.2) is 59.4 Å². The van der Waals surface area contributed by atoms with Crippen molar-refractivity contribution >= 4 is 16.8 Å². The lowest BCUT2D eigenvalue weighted by Crippen LogP contribution is -2.28. The van der Waals surface area contributed by atoms with Gasteiger partial charge in [-0.3, -0.25) is 9.59 Å². The number of nitrogens with one attached hydrogen (secondary N) is 2. The van der Waals surface area contributed by atoms with Gasteiger partial charge in [-0.15, -0.1) is 0 Å². The molecule has 1 heterocycles. The molecule has 2 aromatic carbocycles. The van der Waals surface area contributed by atoms with Gasteiger partial charge in [-0.2, -0.15) is 0 Å². The molecular formula is C19H16N2O2. The highest BCUT2D eigenvalue weighted by molar-refractivity contribution is 6.06. The van der Waals surface area contributed by atoms with E-state index in [9.17, 15) is 9.59 Å². The zero-order valence-corrected chi connectivity index (χ0v) is 12.5. The second kappa shape index (κ2) is 5.39.